The lowest BCUT2D eigenvalue weighted by Crippen LogP contribution is -2.51. The molecule has 2 aromatic heterocycles. The first-order valence-corrected chi connectivity index (χ1v) is 12.1. The second-order valence-electron chi connectivity index (χ2n) is 8.89. The molecule has 5 rings (SSSR count). The third-order valence-electron chi connectivity index (χ3n) is 6.50. The van der Waals surface area contributed by atoms with Crippen LogP contribution in [0.5, 0.6) is 0 Å². The fourth-order valence-electron chi connectivity index (χ4n) is 4.77. The van der Waals surface area contributed by atoms with E-state index < -0.39 is 16.9 Å². The van der Waals surface area contributed by atoms with Gasteiger partial charge in [-0.2, -0.15) is 4.39 Å². The molecule has 0 radical (unpaired) electrons. The van der Waals surface area contributed by atoms with Crippen LogP contribution < -0.4 is 5.32 Å². The summed E-state index contributed by atoms with van der Waals surface area (Å²) in [6, 6.07) is 7.32. The van der Waals surface area contributed by atoms with Gasteiger partial charge in [-0.1, -0.05) is 10.3 Å². The summed E-state index contributed by atoms with van der Waals surface area (Å²) in [5.74, 6) is -0.458. The lowest BCUT2D eigenvalue weighted by atomic mass is 9.77. The van der Waals surface area contributed by atoms with Gasteiger partial charge in [-0.15, -0.1) is 4.31 Å². The highest BCUT2D eigenvalue weighted by Gasteiger charge is 2.41. The van der Waals surface area contributed by atoms with Crippen molar-refractivity contribution in [2.24, 2.45) is 0 Å². The first-order chi connectivity index (χ1) is 14.5. The van der Waals surface area contributed by atoms with Crippen LogP contribution in [-0.2, 0) is 20.7 Å². The van der Waals surface area contributed by atoms with Crippen LogP contribution in [0.1, 0.15) is 55.8 Å². The zero-order valence-electron chi connectivity index (χ0n) is 17.2. The highest BCUT2D eigenvalue weighted by Crippen LogP contribution is 2.41. The van der Waals surface area contributed by atoms with Crippen molar-refractivity contribution in [1.82, 2.24) is 19.6 Å². The van der Waals surface area contributed by atoms with Gasteiger partial charge in [-0.05, 0) is 67.2 Å². The lowest BCUT2D eigenvalue weighted by molar-refractivity contribution is 0.237. The van der Waals surface area contributed by atoms with Crippen molar-refractivity contribution in [3.63, 3.8) is 0 Å². The van der Waals surface area contributed by atoms with E-state index in [1.807, 2.05) is 18.3 Å². The Labute approximate surface area is 179 Å². The molecule has 7 heteroatoms. The number of halogens is 1. The molecule has 3 heterocycles. The minimum atomic E-state index is -1.19. The minimum Gasteiger partial charge on any atom is -0.304 e. The van der Waals surface area contributed by atoms with Crippen molar-refractivity contribution < 1.29 is 8.60 Å². The molecular weight excluding hydrogens is 399 g/mol. The Morgan fingerprint density at radius 2 is 2.00 bits per heavy atom. The van der Waals surface area contributed by atoms with Crippen LogP contribution in [0.4, 0.5) is 4.39 Å². The normalized spacial score (nSPS) is 26.1. The Bertz CT molecular complexity index is 1000. The van der Waals surface area contributed by atoms with Gasteiger partial charge in [0.15, 0.2) is 0 Å². The Kier molecular flexibility index (Phi) is 5.29. The van der Waals surface area contributed by atoms with Gasteiger partial charge in [0.05, 0.1) is 5.69 Å². The third-order valence-corrected chi connectivity index (χ3v) is 8.60. The summed E-state index contributed by atoms with van der Waals surface area (Å²) in [4.78, 5) is 8.48. The molecule has 1 N–H and O–H groups in total. The molecule has 5 nitrogen and oxygen atoms in total. The molecule has 0 aromatic carbocycles. The van der Waals surface area contributed by atoms with E-state index >= 15 is 0 Å². The number of thiol groups is 1. The lowest BCUT2D eigenvalue weighted by Gasteiger charge is -2.41. The van der Waals surface area contributed by atoms with E-state index in [0.717, 1.165) is 61.9 Å². The van der Waals surface area contributed by atoms with Crippen LogP contribution in [0.3, 0.4) is 0 Å². The van der Waals surface area contributed by atoms with Crippen LogP contribution in [0.25, 0.3) is 11.6 Å². The summed E-state index contributed by atoms with van der Waals surface area (Å²) >= 11 is 0. The molecule has 30 heavy (non-hydrogen) atoms. The predicted molar refractivity (Wildman–Crippen MR) is 118 cm³/mol. The van der Waals surface area contributed by atoms with Crippen LogP contribution in [0.2, 0.25) is 0 Å². The Morgan fingerprint density at radius 3 is 2.73 bits per heavy atom. The van der Waals surface area contributed by atoms with Crippen LogP contribution in [-0.4, -0.2) is 38.7 Å². The topological polar surface area (TPSA) is 58.1 Å². The van der Waals surface area contributed by atoms with E-state index in [1.165, 1.54) is 6.07 Å². The number of nitrogens with one attached hydrogen (secondary N) is 1. The summed E-state index contributed by atoms with van der Waals surface area (Å²) < 4.78 is 28.5. The molecule has 2 unspecified atom stereocenters. The van der Waals surface area contributed by atoms with E-state index in [0.29, 0.717) is 17.0 Å². The molecule has 2 atom stereocenters. The first-order valence-electron chi connectivity index (χ1n) is 10.8. The first kappa shape index (κ1) is 20.0. The highest BCUT2D eigenvalue weighted by molar-refractivity contribution is 7.83. The van der Waals surface area contributed by atoms with E-state index in [-0.39, 0.29) is 5.54 Å². The number of pyridine rings is 2. The molecule has 2 aromatic rings. The maximum Gasteiger partial charge on any atom is 0.213 e. The highest BCUT2D eigenvalue weighted by atomic mass is 32.2. The van der Waals surface area contributed by atoms with Crippen molar-refractivity contribution in [3.8, 4) is 0 Å². The summed E-state index contributed by atoms with van der Waals surface area (Å²) in [7, 11) is -1.19. The molecule has 2 aliphatic carbocycles. The zero-order valence-corrected chi connectivity index (χ0v) is 18.1. The second kappa shape index (κ2) is 7.94. The summed E-state index contributed by atoms with van der Waals surface area (Å²) in [5.41, 5.74) is 3.66. The number of hydrogen-bond donors (Lipinski definition) is 1. The largest absolute Gasteiger partial charge is 0.304 e. The molecule has 0 spiro atoms. The summed E-state index contributed by atoms with van der Waals surface area (Å²) in [6.07, 6.45) is 10.8. The van der Waals surface area contributed by atoms with Crippen LogP contribution in [0.15, 0.2) is 36.7 Å². The van der Waals surface area contributed by atoms with Crippen molar-refractivity contribution in [3.05, 3.63) is 59.4 Å². The van der Waals surface area contributed by atoms with Crippen molar-refractivity contribution >= 4 is 22.6 Å². The van der Waals surface area contributed by atoms with Gasteiger partial charge in [0.2, 0.25) is 5.95 Å². The van der Waals surface area contributed by atoms with Gasteiger partial charge in [-0.25, -0.2) is 4.98 Å². The molecule has 0 bridgehead atoms. The number of hydrogen-bond acceptors (Lipinski definition) is 4. The van der Waals surface area contributed by atoms with E-state index in [1.54, 1.807) is 12.3 Å². The summed E-state index contributed by atoms with van der Waals surface area (Å²) in [5, 5.41) is 4.32. The van der Waals surface area contributed by atoms with Crippen LogP contribution in [0, 0.1) is 5.95 Å². The van der Waals surface area contributed by atoms with Crippen molar-refractivity contribution in [1.29, 1.82) is 0 Å². The fraction of sp³-hybridized carbons (Fsp3) is 0.478. The van der Waals surface area contributed by atoms with E-state index in [4.69, 9.17) is 0 Å². The Hall–Kier alpha value is -1.96. The van der Waals surface area contributed by atoms with Gasteiger partial charge < -0.3 is 5.32 Å². The number of piperidine rings is 1. The minimum absolute atomic E-state index is 0.312. The van der Waals surface area contributed by atoms with E-state index in [2.05, 4.69) is 32.6 Å². The SMILES string of the molecule is CC1(NC2CCN([SH+](=O)C3CC3)CC2)CC(c2cccc(F)n2)=Cc2ccncc21. The summed E-state index contributed by atoms with van der Waals surface area (Å²) in [6.45, 7) is 3.97. The Morgan fingerprint density at radius 1 is 1.20 bits per heavy atom. The van der Waals surface area contributed by atoms with Crippen molar-refractivity contribution in [2.45, 2.75) is 55.9 Å². The zero-order chi connectivity index (χ0) is 20.7. The van der Waals surface area contributed by atoms with Gasteiger partial charge >= 0.3 is 0 Å². The van der Waals surface area contributed by atoms with Crippen LogP contribution >= 0.6 is 0 Å². The number of nitrogens with zero attached hydrogens (tertiary/aromatic N) is 3. The van der Waals surface area contributed by atoms with Gasteiger partial charge in [-0.3, -0.25) is 4.98 Å². The maximum atomic E-state index is 13.8. The Balaban J connectivity index is 1.36. The van der Waals surface area contributed by atoms with Gasteiger partial charge in [0.25, 0.3) is 0 Å². The molecular formula is C23H28FN4OS+. The average molecular weight is 428 g/mol. The quantitative estimate of drug-likeness (QED) is 0.450. The number of fused-ring (bicyclic) bond motifs is 1. The van der Waals surface area contributed by atoms with Crippen molar-refractivity contribution in [2.75, 3.05) is 13.1 Å². The predicted octanol–water partition coefficient (Wildman–Crippen LogP) is 3.60. The van der Waals surface area contributed by atoms with Gasteiger partial charge in [0, 0.05) is 49.9 Å². The molecule has 158 valence electrons. The number of rotatable bonds is 5. The third kappa shape index (κ3) is 3.98. The second-order valence-corrected chi connectivity index (χ2v) is 10.8. The van der Waals surface area contributed by atoms with Gasteiger partial charge in [0.1, 0.15) is 16.2 Å². The number of aromatic nitrogens is 2. The average Bonchev–Trinajstić information content (AvgIpc) is 3.59. The fourth-order valence-corrected chi connectivity index (χ4v) is 6.45. The molecule has 3 aliphatic rings. The monoisotopic (exact) mass is 427 g/mol. The molecule has 0 amide bonds. The van der Waals surface area contributed by atoms with E-state index in [9.17, 15) is 8.60 Å². The maximum absolute atomic E-state index is 13.8. The molecule has 1 aliphatic heterocycles. The smallest absolute Gasteiger partial charge is 0.213 e. The molecule has 2 fully saturated rings. The standard InChI is InChI=1S/C23H27FN4OS/c1-23(27-18-8-11-28(12-9-18)30(29)19-5-6-19)14-17(21-3-2-4-22(24)26-21)13-16-7-10-25-15-20(16)23/h2-4,7,10,13,15,18-19,27H,5-6,8-9,11-12,14H2,1H3/p+1. The molecule has 1 saturated heterocycles. The molecule has 1 saturated carbocycles.